The molecule has 0 amide bonds. The third kappa shape index (κ3) is 2.37. The molecule has 0 spiro atoms. The zero-order chi connectivity index (χ0) is 10.7. The van der Waals surface area contributed by atoms with E-state index < -0.39 is 0 Å². The summed E-state index contributed by atoms with van der Waals surface area (Å²) in [4.78, 5) is 10.7. The molecule has 1 aromatic heterocycles. The van der Waals surface area contributed by atoms with Gasteiger partial charge in [-0.1, -0.05) is 6.42 Å². The number of nitrogens with two attached hydrogens (primary N) is 1. The smallest absolute Gasteiger partial charge is 0.227 e. The summed E-state index contributed by atoms with van der Waals surface area (Å²) in [5.74, 6) is 2.14. The quantitative estimate of drug-likeness (QED) is 0.814. The maximum atomic E-state index is 5.65. The van der Waals surface area contributed by atoms with Crippen molar-refractivity contribution in [2.45, 2.75) is 26.2 Å². The predicted octanol–water partition coefficient (Wildman–Crippen LogP) is 1.69. The topological polar surface area (TPSA) is 55.0 Å². The molecule has 1 aromatic rings. The van der Waals surface area contributed by atoms with Gasteiger partial charge in [0.05, 0.1) is 0 Å². The third-order valence-electron chi connectivity index (χ3n) is 3.03. The van der Waals surface area contributed by atoms with E-state index in [2.05, 4.69) is 21.8 Å². The van der Waals surface area contributed by atoms with Crippen molar-refractivity contribution in [1.82, 2.24) is 9.97 Å². The lowest BCUT2D eigenvalue weighted by Gasteiger charge is -2.31. The number of nitrogens with zero attached hydrogens (tertiary/aromatic N) is 3. The van der Waals surface area contributed by atoms with E-state index in [1.807, 2.05) is 0 Å². The van der Waals surface area contributed by atoms with Crippen LogP contribution in [0.2, 0.25) is 0 Å². The van der Waals surface area contributed by atoms with Gasteiger partial charge in [-0.15, -0.1) is 0 Å². The second kappa shape index (κ2) is 4.47. The summed E-state index contributed by atoms with van der Waals surface area (Å²) in [6.45, 7) is 4.14. The minimum atomic E-state index is 0.548. The van der Waals surface area contributed by atoms with E-state index in [-0.39, 0.29) is 0 Å². The van der Waals surface area contributed by atoms with Crippen LogP contribution < -0.4 is 10.6 Å². The van der Waals surface area contributed by atoms with Gasteiger partial charge in [0.2, 0.25) is 5.95 Å². The highest BCUT2D eigenvalue weighted by Gasteiger charge is 2.21. The Labute approximate surface area is 90.5 Å². The number of hydrogen-bond donors (Lipinski definition) is 1. The molecule has 1 saturated carbocycles. The maximum Gasteiger partial charge on any atom is 0.227 e. The molecule has 0 atom stereocenters. The molecule has 1 aliphatic carbocycles. The highest BCUT2D eigenvalue weighted by molar-refractivity contribution is 5.37. The molecule has 4 nitrogen and oxygen atoms in total. The van der Waals surface area contributed by atoms with Gasteiger partial charge < -0.3 is 10.6 Å². The highest BCUT2D eigenvalue weighted by Crippen LogP contribution is 2.27. The summed E-state index contributed by atoms with van der Waals surface area (Å²) >= 11 is 0. The Morgan fingerprint density at radius 3 is 2.87 bits per heavy atom. The van der Waals surface area contributed by atoms with Gasteiger partial charge in [0.15, 0.2) is 0 Å². The van der Waals surface area contributed by atoms with Crippen LogP contribution in [0.15, 0.2) is 12.3 Å². The molecule has 15 heavy (non-hydrogen) atoms. The van der Waals surface area contributed by atoms with E-state index >= 15 is 0 Å². The molecule has 0 radical (unpaired) electrons. The number of rotatable bonds is 4. The number of anilines is 2. The molecule has 2 N–H and O–H groups in total. The van der Waals surface area contributed by atoms with Crippen molar-refractivity contribution in [3.8, 4) is 0 Å². The van der Waals surface area contributed by atoms with Gasteiger partial charge in [0.1, 0.15) is 5.82 Å². The standard InChI is InChI=1S/C11H18N4/c1-2-15(8-9-4-3-5-9)11-13-7-6-10(12)14-11/h6-7,9H,2-5,8H2,1H3,(H2,12,13,14). The molecule has 82 valence electrons. The van der Waals surface area contributed by atoms with Crippen molar-refractivity contribution in [2.24, 2.45) is 5.92 Å². The van der Waals surface area contributed by atoms with Crippen LogP contribution in [0.1, 0.15) is 26.2 Å². The Morgan fingerprint density at radius 1 is 1.53 bits per heavy atom. The summed E-state index contributed by atoms with van der Waals surface area (Å²) in [6, 6.07) is 1.72. The van der Waals surface area contributed by atoms with Crippen molar-refractivity contribution in [2.75, 3.05) is 23.7 Å². The van der Waals surface area contributed by atoms with Gasteiger partial charge >= 0.3 is 0 Å². The average Bonchev–Trinajstić information content (AvgIpc) is 2.16. The third-order valence-corrected chi connectivity index (χ3v) is 3.03. The van der Waals surface area contributed by atoms with E-state index in [9.17, 15) is 0 Å². The lowest BCUT2D eigenvalue weighted by atomic mass is 9.85. The largest absolute Gasteiger partial charge is 0.384 e. The van der Waals surface area contributed by atoms with Crippen molar-refractivity contribution in [3.63, 3.8) is 0 Å². The summed E-state index contributed by atoms with van der Waals surface area (Å²) < 4.78 is 0. The molecule has 1 aliphatic rings. The highest BCUT2D eigenvalue weighted by atomic mass is 15.3. The molecule has 2 rings (SSSR count). The van der Waals surface area contributed by atoms with Gasteiger partial charge in [0, 0.05) is 19.3 Å². The Morgan fingerprint density at radius 2 is 2.33 bits per heavy atom. The van der Waals surface area contributed by atoms with Crippen LogP contribution in [0, 0.1) is 5.92 Å². The lowest BCUT2D eigenvalue weighted by molar-refractivity contribution is 0.317. The van der Waals surface area contributed by atoms with Gasteiger partial charge in [-0.2, -0.15) is 4.98 Å². The molecular weight excluding hydrogens is 188 g/mol. The van der Waals surface area contributed by atoms with Crippen molar-refractivity contribution < 1.29 is 0 Å². The fraction of sp³-hybridized carbons (Fsp3) is 0.636. The molecule has 0 unspecified atom stereocenters. The molecule has 0 bridgehead atoms. The van der Waals surface area contributed by atoms with Gasteiger partial charge in [-0.25, -0.2) is 4.98 Å². The SMILES string of the molecule is CCN(CC1CCC1)c1nccc(N)n1. The fourth-order valence-electron chi connectivity index (χ4n) is 1.85. The Hall–Kier alpha value is -1.32. The minimum absolute atomic E-state index is 0.548. The summed E-state index contributed by atoms with van der Waals surface area (Å²) in [6.07, 6.45) is 5.79. The van der Waals surface area contributed by atoms with Crippen LogP contribution in [0.4, 0.5) is 11.8 Å². The van der Waals surface area contributed by atoms with Crippen LogP contribution in [0.25, 0.3) is 0 Å². The molecule has 1 heterocycles. The second-order valence-corrected chi connectivity index (χ2v) is 4.12. The van der Waals surface area contributed by atoms with E-state index in [1.165, 1.54) is 19.3 Å². The van der Waals surface area contributed by atoms with Crippen LogP contribution in [-0.2, 0) is 0 Å². The van der Waals surface area contributed by atoms with Gasteiger partial charge in [0.25, 0.3) is 0 Å². The van der Waals surface area contributed by atoms with E-state index in [4.69, 9.17) is 5.73 Å². The van der Waals surface area contributed by atoms with Crippen molar-refractivity contribution in [1.29, 1.82) is 0 Å². The zero-order valence-corrected chi connectivity index (χ0v) is 9.19. The average molecular weight is 206 g/mol. The maximum absolute atomic E-state index is 5.65. The van der Waals surface area contributed by atoms with Crippen LogP contribution in [-0.4, -0.2) is 23.1 Å². The van der Waals surface area contributed by atoms with Crippen LogP contribution >= 0.6 is 0 Å². The molecule has 0 aliphatic heterocycles. The molecule has 0 aromatic carbocycles. The molecule has 1 fully saturated rings. The molecule has 0 saturated heterocycles. The summed E-state index contributed by atoms with van der Waals surface area (Å²) in [7, 11) is 0. The first-order chi connectivity index (χ1) is 7.29. The second-order valence-electron chi connectivity index (χ2n) is 4.12. The van der Waals surface area contributed by atoms with E-state index in [0.29, 0.717) is 5.82 Å². The first-order valence-corrected chi connectivity index (χ1v) is 5.63. The zero-order valence-electron chi connectivity index (χ0n) is 9.19. The number of hydrogen-bond acceptors (Lipinski definition) is 4. The Bertz CT molecular complexity index is 322. The van der Waals surface area contributed by atoms with E-state index in [1.54, 1.807) is 12.3 Å². The number of nitrogen functional groups attached to an aromatic ring is 1. The van der Waals surface area contributed by atoms with E-state index in [0.717, 1.165) is 25.0 Å². The lowest BCUT2D eigenvalue weighted by Crippen LogP contribution is -2.33. The Balaban J connectivity index is 2.04. The first kappa shape index (κ1) is 10.2. The molecular formula is C11H18N4. The normalized spacial score (nSPS) is 16.1. The van der Waals surface area contributed by atoms with Crippen molar-refractivity contribution >= 4 is 11.8 Å². The fourth-order valence-corrected chi connectivity index (χ4v) is 1.85. The summed E-state index contributed by atoms with van der Waals surface area (Å²) in [5, 5.41) is 0. The minimum Gasteiger partial charge on any atom is -0.384 e. The summed E-state index contributed by atoms with van der Waals surface area (Å²) in [5.41, 5.74) is 5.65. The first-order valence-electron chi connectivity index (χ1n) is 5.63. The van der Waals surface area contributed by atoms with Gasteiger partial charge in [-0.05, 0) is 31.7 Å². The predicted molar refractivity (Wildman–Crippen MR) is 61.7 cm³/mol. The van der Waals surface area contributed by atoms with Gasteiger partial charge in [-0.3, -0.25) is 0 Å². The van der Waals surface area contributed by atoms with Crippen molar-refractivity contribution in [3.05, 3.63) is 12.3 Å². The Kier molecular flexibility index (Phi) is 3.04. The number of aromatic nitrogens is 2. The van der Waals surface area contributed by atoms with Crippen LogP contribution in [0.5, 0.6) is 0 Å². The molecule has 4 heteroatoms. The monoisotopic (exact) mass is 206 g/mol. The van der Waals surface area contributed by atoms with Crippen LogP contribution in [0.3, 0.4) is 0 Å².